The van der Waals surface area contributed by atoms with E-state index >= 15 is 0 Å². The third-order valence-corrected chi connectivity index (χ3v) is 2.82. The average molecular weight is 156 g/mol. The fourth-order valence-corrected chi connectivity index (χ4v) is 1.99. The molecule has 2 heterocycles. The quantitative estimate of drug-likeness (QED) is 0.485. The second kappa shape index (κ2) is 1.54. The van der Waals surface area contributed by atoms with Crippen molar-refractivity contribution >= 4 is 21.9 Å². The van der Waals surface area contributed by atoms with Crippen LogP contribution in [0.5, 0.6) is 0 Å². The number of amidine groups is 1. The van der Waals surface area contributed by atoms with Crippen molar-refractivity contribution in [2.45, 2.75) is 0 Å². The molecule has 0 fully saturated rings. The van der Waals surface area contributed by atoms with E-state index < -0.39 is 9.84 Å². The summed E-state index contributed by atoms with van der Waals surface area (Å²) in [4.78, 5) is 7.73. The minimum atomic E-state index is -3.09. The van der Waals surface area contributed by atoms with Gasteiger partial charge in [-0.15, -0.1) is 0 Å². The molecule has 2 aliphatic heterocycles. The van der Waals surface area contributed by atoms with Gasteiger partial charge in [-0.1, -0.05) is 0 Å². The molecule has 0 spiro atoms. The Balaban J connectivity index is 2.66. The maximum absolute atomic E-state index is 11.0. The summed E-state index contributed by atoms with van der Waals surface area (Å²) in [5.41, 5.74) is 0. The smallest absolute Gasteiger partial charge is 0.202 e. The Kier molecular flexibility index (Phi) is 0.894. The van der Waals surface area contributed by atoms with E-state index in [0.717, 1.165) is 0 Å². The molecule has 0 saturated heterocycles. The van der Waals surface area contributed by atoms with Gasteiger partial charge in [0.1, 0.15) is 10.8 Å². The van der Waals surface area contributed by atoms with Crippen LogP contribution in [0.1, 0.15) is 0 Å². The molecule has 0 amide bonds. The number of hydrogen-bond donors (Lipinski definition) is 0. The van der Waals surface area contributed by atoms with Crippen molar-refractivity contribution in [2.75, 3.05) is 5.88 Å². The van der Waals surface area contributed by atoms with Crippen molar-refractivity contribution in [3.05, 3.63) is 11.0 Å². The molecule has 0 aromatic carbocycles. The standard InChI is InChI=1S/C5H4N2O2S/c8-10(9)3-7-5-4(10)1-2-6-5/h1-2H,3H2. The van der Waals surface area contributed by atoms with Crippen LogP contribution in [0.15, 0.2) is 21.0 Å². The number of hydrogen-bond acceptors (Lipinski definition) is 4. The summed E-state index contributed by atoms with van der Waals surface area (Å²) in [6.45, 7) is 0. The molecule has 0 unspecified atom stereocenters. The Bertz CT molecular complexity index is 361. The molecule has 0 radical (unpaired) electrons. The maximum Gasteiger partial charge on any atom is 0.202 e. The van der Waals surface area contributed by atoms with E-state index in [9.17, 15) is 8.42 Å². The lowest BCUT2D eigenvalue weighted by Crippen LogP contribution is -2.02. The molecule has 0 aliphatic carbocycles. The van der Waals surface area contributed by atoms with Crippen LogP contribution in [0.2, 0.25) is 0 Å². The van der Waals surface area contributed by atoms with Crippen LogP contribution in [0.25, 0.3) is 0 Å². The van der Waals surface area contributed by atoms with Gasteiger partial charge in [-0.3, -0.25) is 0 Å². The van der Waals surface area contributed by atoms with Gasteiger partial charge >= 0.3 is 0 Å². The summed E-state index contributed by atoms with van der Waals surface area (Å²) in [6, 6.07) is 0. The minimum absolute atomic E-state index is 0.133. The highest BCUT2D eigenvalue weighted by Gasteiger charge is 2.30. The number of rotatable bonds is 0. The number of nitrogens with zero attached hydrogens (tertiary/aromatic N) is 2. The molecular weight excluding hydrogens is 152 g/mol. The first-order valence-electron chi connectivity index (χ1n) is 2.72. The van der Waals surface area contributed by atoms with Crippen LogP contribution >= 0.6 is 0 Å². The lowest BCUT2D eigenvalue weighted by molar-refractivity contribution is 0.605. The van der Waals surface area contributed by atoms with Crippen molar-refractivity contribution in [3.63, 3.8) is 0 Å². The second-order valence-corrected chi connectivity index (χ2v) is 3.96. The van der Waals surface area contributed by atoms with Gasteiger partial charge < -0.3 is 0 Å². The van der Waals surface area contributed by atoms with Gasteiger partial charge in [0.2, 0.25) is 9.84 Å². The third kappa shape index (κ3) is 0.578. The van der Waals surface area contributed by atoms with Gasteiger partial charge in [-0.2, -0.15) is 0 Å². The summed E-state index contributed by atoms with van der Waals surface area (Å²) in [5.74, 6) is 0.228. The zero-order valence-electron chi connectivity index (χ0n) is 4.98. The van der Waals surface area contributed by atoms with E-state index in [0.29, 0.717) is 5.84 Å². The lowest BCUT2D eigenvalue weighted by atomic mass is 10.5. The van der Waals surface area contributed by atoms with Crippen molar-refractivity contribution < 1.29 is 8.42 Å². The van der Waals surface area contributed by atoms with Crippen molar-refractivity contribution in [1.82, 2.24) is 0 Å². The molecule has 5 heteroatoms. The highest BCUT2D eigenvalue weighted by Crippen LogP contribution is 2.20. The molecule has 0 aromatic rings. The van der Waals surface area contributed by atoms with E-state index in [1.54, 1.807) is 0 Å². The minimum Gasteiger partial charge on any atom is -0.249 e. The van der Waals surface area contributed by atoms with Crippen LogP contribution in [0.4, 0.5) is 0 Å². The Hall–Kier alpha value is -0.970. The number of sulfone groups is 1. The van der Waals surface area contributed by atoms with E-state index in [2.05, 4.69) is 9.98 Å². The molecule has 0 bridgehead atoms. The Morgan fingerprint density at radius 2 is 2.30 bits per heavy atom. The van der Waals surface area contributed by atoms with Gasteiger partial charge in [-0.05, 0) is 6.08 Å². The van der Waals surface area contributed by atoms with Gasteiger partial charge in [0.05, 0.1) is 0 Å². The van der Waals surface area contributed by atoms with E-state index in [1.165, 1.54) is 12.3 Å². The number of aliphatic imine (C=N–C) groups is 2. The molecule has 2 aliphatic rings. The SMILES string of the molecule is O=S1(=O)CN=C2N=CC=C21. The molecule has 0 saturated carbocycles. The molecule has 4 nitrogen and oxygen atoms in total. The largest absolute Gasteiger partial charge is 0.249 e. The fourth-order valence-electron chi connectivity index (χ4n) is 0.891. The molecule has 2 rings (SSSR count). The van der Waals surface area contributed by atoms with Crippen molar-refractivity contribution in [2.24, 2.45) is 9.98 Å². The molecular formula is C5H4N2O2S. The molecule has 0 aromatic heterocycles. The van der Waals surface area contributed by atoms with E-state index in [-0.39, 0.29) is 10.8 Å². The van der Waals surface area contributed by atoms with Gasteiger partial charge in [0.15, 0.2) is 5.84 Å². The first-order valence-corrected chi connectivity index (χ1v) is 4.37. The summed E-state index contributed by atoms with van der Waals surface area (Å²) in [7, 11) is -3.09. The van der Waals surface area contributed by atoms with Crippen LogP contribution in [0, 0.1) is 0 Å². The maximum atomic E-state index is 11.0. The third-order valence-electron chi connectivity index (χ3n) is 1.36. The fraction of sp³-hybridized carbons (Fsp3) is 0.200. The molecule has 0 atom stereocenters. The summed E-state index contributed by atoms with van der Waals surface area (Å²) < 4.78 is 22.0. The second-order valence-electron chi connectivity index (χ2n) is 2.03. The van der Waals surface area contributed by atoms with Gasteiger partial charge in [-0.25, -0.2) is 18.4 Å². The molecule has 10 heavy (non-hydrogen) atoms. The number of allylic oxidation sites excluding steroid dienone is 1. The van der Waals surface area contributed by atoms with Crippen molar-refractivity contribution in [3.8, 4) is 0 Å². The van der Waals surface area contributed by atoms with E-state index in [1.807, 2.05) is 0 Å². The summed E-state index contributed by atoms with van der Waals surface area (Å²) in [5, 5.41) is 0. The number of fused-ring (bicyclic) bond motifs is 1. The van der Waals surface area contributed by atoms with Crippen LogP contribution in [-0.2, 0) is 9.84 Å². The predicted octanol–water partition coefficient (Wildman–Crippen LogP) is -0.261. The Labute approximate surface area is 57.9 Å². The topological polar surface area (TPSA) is 58.9 Å². The highest BCUT2D eigenvalue weighted by atomic mass is 32.2. The Morgan fingerprint density at radius 1 is 1.50 bits per heavy atom. The normalized spacial score (nSPS) is 26.0. The van der Waals surface area contributed by atoms with E-state index in [4.69, 9.17) is 0 Å². The Morgan fingerprint density at radius 3 is 3.00 bits per heavy atom. The first kappa shape index (κ1) is 5.79. The van der Waals surface area contributed by atoms with Crippen molar-refractivity contribution in [1.29, 1.82) is 0 Å². The summed E-state index contributed by atoms with van der Waals surface area (Å²) >= 11 is 0. The molecule has 52 valence electrons. The van der Waals surface area contributed by atoms with Crippen LogP contribution in [0.3, 0.4) is 0 Å². The summed E-state index contributed by atoms with van der Waals surface area (Å²) in [6.07, 6.45) is 2.92. The average Bonchev–Trinajstić information content (AvgIpc) is 2.36. The molecule has 0 N–H and O–H groups in total. The lowest BCUT2D eigenvalue weighted by Gasteiger charge is -1.88. The monoisotopic (exact) mass is 156 g/mol. The highest BCUT2D eigenvalue weighted by molar-refractivity contribution is 7.96. The first-order chi connectivity index (χ1) is 4.70. The van der Waals surface area contributed by atoms with Gasteiger partial charge in [0.25, 0.3) is 0 Å². The van der Waals surface area contributed by atoms with Crippen LogP contribution in [-0.4, -0.2) is 26.3 Å². The van der Waals surface area contributed by atoms with Gasteiger partial charge in [0, 0.05) is 6.21 Å². The zero-order valence-corrected chi connectivity index (χ0v) is 5.80. The van der Waals surface area contributed by atoms with Crippen LogP contribution < -0.4 is 0 Å². The zero-order chi connectivity index (χ0) is 7.19. The predicted molar refractivity (Wildman–Crippen MR) is 37.8 cm³/mol.